The summed E-state index contributed by atoms with van der Waals surface area (Å²) in [6.45, 7) is 2.74. The number of aromatic nitrogens is 2. The van der Waals surface area contributed by atoms with Crippen LogP contribution in [0.4, 0.5) is 0 Å². The van der Waals surface area contributed by atoms with Crippen molar-refractivity contribution in [2.45, 2.75) is 6.92 Å². The predicted molar refractivity (Wildman–Crippen MR) is 56.8 cm³/mol. The number of nitrogens with zero attached hydrogens (tertiary/aromatic N) is 2. The van der Waals surface area contributed by atoms with E-state index >= 15 is 0 Å². The van der Waals surface area contributed by atoms with Crippen molar-refractivity contribution in [1.82, 2.24) is 9.97 Å². The lowest BCUT2D eigenvalue weighted by Crippen LogP contribution is -1.96. The Morgan fingerprint density at radius 3 is 2.88 bits per heavy atom. The number of fused-ring (bicyclic) bond motifs is 2. The van der Waals surface area contributed by atoms with Gasteiger partial charge >= 0.3 is 0 Å². The Kier molecular flexibility index (Phi) is 2.02. The summed E-state index contributed by atoms with van der Waals surface area (Å²) in [5.74, 6) is 2.00. The third-order valence-electron chi connectivity index (χ3n) is 2.37. The van der Waals surface area contributed by atoms with E-state index in [2.05, 4.69) is 9.97 Å². The van der Waals surface area contributed by atoms with Crippen molar-refractivity contribution in [3.8, 4) is 17.4 Å². The number of benzene rings is 1. The molecule has 0 fully saturated rings. The van der Waals surface area contributed by atoms with Gasteiger partial charge in [0.1, 0.15) is 6.33 Å². The van der Waals surface area contributed by atoms with Gasteiger partial charge in [0.2, 0.25) is 12.7 Å². The maximum atomic E-state index is 5.43. The second-order valence-corrected chi connectivity index (χ2v) is 3.33. The highest BCUT2D eigenvalue weighted by atomic mass is 16.7. The molecule has 0 atom stereocenters. The average molecular weight is 218 g/mol. The van der Waals surface area contributed by atoms with Crippen LogP contribution in [0.5, 0.6) is 17.4 Å². The average Bonchev–Trinajstić information content (AvgIpc) is 2.74. The third kappa shape index (κ3) is 1.32. The smallest absolute Gasteiger partial charge is 0.231 e. The molecule has 0 aliphatic carbocycles. The molecule has 1 aliphatic rings. The quantitative estimate of drug-likeness (QED) is 0.768. The largest absolute Gasteiger partial charge is 0.477 e. The van der Waals surface area contributed by atoms with Gasteiger partial charge in [0.25, 0.3) is 0 Å². The second kappa shape index (κ2) is 3.52. The topological polar surface area (TPSA) is 53.5 Å². The molecule has 0 unspecified atom stereocenters. The summed E-state index contributed by atoms with van der Waals surface area (Å²) in [5.41, 5.74) is 0.794. The number of rotatable bonds is 2. The highest BCUT2D eigenvalue weighted by Gasteiger charge is 2.16. The van der Waals surface area contributed by atoms with E-state index in [9.17, 15) is 0 Å². The summed E-state index contributed by atoms with van der Waals surface area (Å²) in [7, 11) is 0. The van der Waals surface area contributed by atoms with E-state index in [1.165, 1.54) is 6.33 Å². The molecule has 0 bridgehead atoms. The third-order valence-corrected chi connectivity index (χ3v) is 2.37. The molecule has 5 heteroatoms. The fourth-order valence-electron chi connectivity index (χ4n) is 1.67. The van der Waals surface area contributed by atoms with Gasteiger partial charge in [-0.25, -0.2) is 9.97 Å². The summed E-state index contributed by atoms with van der Waals surface area (Å²) in [5, 5.41) is 0.841. The molecule has 2 aromatic rings. The first-order chi connectivity index (χ1) is 7.88. The molecule has 0 N–H and O–H groups in total. The van der Waals surface area contributed by atoms with Crippen LogP contribution >= 0.6 is 0 Å². The van der Waals surface area contributed by atoms with Crippen molar-refractivity contribution in [3.63, 3.8) is 0 Å². The maximum absolute atomic E-state index is 5.43. The lowest BCUT2D eigenvalue weighted by Gasteiger charge is -2.05. The van der Waals surface area contributed by atoms with Gasteiger partial charge in [0.05, 0.1) is 17.5 Å². The molecule has 1 aromatic carbocycles. The van der Waals surface area contributed by atoms with Crippen LogP contribution in [0.2, 0.25) is 0 Å². The first-order valence-corrected chi connectivity index (χ1v) is 5.05. The molecule has 0 saturated heterocycles. The zero-order valence-corrected chi connectivity index (χ0v) is 8.77. The minimum atomic E-state index is 0.253. The van der Waals surface area contributed by atoms with Crippen LogP contribution in [0.3, 0.4) is 0 Å². The molecule has 0 saturated carbocycles. The Hall–Kier alpha value is -2.04. The molecule has 2 heterocycles. The highest BCUT2D eigenvalue weighted by Crippen LogP contribution is 2.37. The lowest BCUT2D eigenvalue weighted by molar-refractivity contribution is 0.174. The van der Waals surface area contributed by atoms with Crippen LogP contribution in [0, 0.1) is 0 Å². The van der Waals surface area contributed by atoms with Crippen molar-refractivity contribution in [2.75, 3.05) is 13.4 Å². The Balaban J connectivity index is 2.23. The van der Waals surface area contributed by atoms with Gasteiger partial charge in [0.15, 0.2) is 11.5 Å². The number of ether oxygens (including phenoxy) is 3. The van der Waals surface area contributed by atoms with E-state index in [0.29, 0.717) is 24.0 Å². The molecule has 0 radical (unpaired) electrons. The molecule has 5 nitrogen and oxygen atoms in total. The molecule has 3 rings (SSSR count). The van der Waals surface area contributed by atoms with Crippen LogP contribution < -0.4 is 14.2 Å². The van der Waals surface area contributed by atoms with Crippen LogP contribution in [-0.4, -0.2) is 23.4 Å². The fraction of sp³-hybridized carbons (Fsp3) is 0.273. The maximum Gasteiger partial charge on any atom is 0.231 e. The molecule has 0 spiro atoms. The minimum absolute atomic E-state index is 0.253. The second-order valence-electron chi connectivity index (χ2n) is 3.33. The van der Waals surface area contributed by atoms with Crippen molar-refractivity contribution in [1.29, 1.82) is 0 Å². The Morgan fingerprint density at radius 1 is 1.25 bits per heavy atom. The van der Waals surface area contributed by atoms with Crippen LogP contribution in [0.1, 0.15) is 6.92 Å². The van der Waals surface area contributed by atoms with Gasteiger partial charge < -0.3 is 14.2 Å². The Labute approximate surface area is 92.0 Å². The summed E-state index contributed by atoms with van der Waals surface area (Å²) < 4.78 is 16.0. The number of hydrogen-bond donors (Lipinski definition) is 0. The molecular weight excluding hydrogens is 208 g/mol. The van der Waals surface area contributed by atoms with E-state index in [0.717, 1.165) is 10.9 Å². The van der Waals surface area contributed by atoms with E-state index in [1.54, 1.807) is 0 Å². The Morgan fingerprint density at radius 2 is 2.06 bits per heavy atom. The standard InChI is InChI=1S/C11H10N2O3/c1-2-14-11-7-3-9-10(16-6-15-9)4-8(7)12-5-13-11/h3-5H,2,6H2,1H3. The van der Waals surface area contributed by atoms with Crippen LogP contribution in [0.15, 0.2) is 18.5 Å². The molecule has 0 amide bonds. The highest BCUT2D eigenvalue weighted by molar-refractivity contribution is 5.86. The van der Waals surface area contributed by atoms with Crippen LogP contribution in [-0.2, 0) is 0 Å². The number of hydrogen-bond acceptors (Lipinski definition) is 5. The van der Waals surface area contributed by atoms with Gasteiger partial charge in [-0.2, -0.15) is 0 Å². The first-order valence-electron chi connectivity index (χ1n) is 5.05. The fourth-order valence-corrected chi connectivity index (χ4v) is 1.67. The van der Waals surface area contributed by atoms with Gasteiger partial charge in [0, 0.05) is 6.07 Å². The van der Waals surface area contributed by atoms with E-state index in [4.69, 9.17) is 14.2 Å². The van der Waals surface area contributed by atoms with Crippen LogP contribution in [0.25, 0.3) is 10.9 Å². The van der Waals surface area contributed by atoms with Gasteiger partial charge in [-0.15, -0.1) is 0 Å². The molecule has 82 valence electrons. The van der Waals surface area contributed by atoms with Crippen molar-refractivity contribution in [3.05, 3.63) is 18.5 Å². The normalized spacial score (nSPS) is 13.1. The van der Waals surface area contributed by atoms with Gasteiger partial charge in [-0.3, -0.25) is 0 Å². The van der Waals surface area contributed by atoms with Crippen molar-refractivity contribution >= 4 is 10.9 Å². The lowest BCUT2D eigenvalue weighted by atomic mass is 10.2. The summed E-state index contributed by atoms with van der Waals surface area (Å²) in [6, 6.07) is 3.69. The Bertz CT molecular complexity index is 542. The molecule has 1 aromatic heterocycles. The summed E-state index contributed by atoms with van der Waals surface area (Å²) >= 11 is 0. The molecule has 1 aliphatic heterocycles. The minimum Gasteiger partial charge on any atom is -0.477 e. The first kappa shape index (κ1) is 9.21. The van der Waals surface area contributed by atoms with Gasteiger partial charge in [-0.05, 0) is 13.0 Å². The zero-order chi connectivity index (χ0) is 11.0. The van der Waals surface area contributed by atoms with Crippen molar-refractivity contribution < 1.29 is 14.2 Å². The SMILES string of the molecule is CCOc1ncnc2cc3c(cc12)OCO3. The van der Waals surface area contributed by atoms with Crippen molar-refractivity contribution in [2.24, 2.45) is 0 Å². The van der Waals surface area contributed by atoms with E-state index in [-0.39, 0.29) is 6.79 Å². The molecular formula is C11H10N2O3. The monoisotopic (exact) mass is 218 g/mol. The zero-order valence-electron chi connectivity index (χ0n) is 8.77. The summed E-state index contributed by atoms with van der Waals surface area (Å²) in [6.07, 6.45) is 1.48. The van der Waals surface area contributed by atoms with Gasteiger partial charge in [-0.1, -0.05) is 0 Å². The van der Waals surface area contributed by atoms with E-state index in [1.807, 2.05) is 19.1 Å². The van der Waals surface area contributed by atoms with E-state index < -0.39 is 0 Å². The summed E-state index contributed by atoms with van der Waals surface area (Å²) in [4.78, 5) is 8.27. The predicted octanol–water partition coefficient (Wildman–Crippen LogP) is 1.76. The molecule has 16 heavy (non-hydrogen) atoms.